The van der Waals surface area contributed by atoms with Crippen molar-refractivity contribution in [3.63, 3.8) is 0 Å². The van der Waals surface area contributed by atoms with Crippen LogP contribution in [0.1, 0.15) is 72.8 Å². The zero-order valence-corrected chi connectivity index (χ0v) is 26.8. The number of carbonyl (C=O) groups is 2. The molecule has 0 N–H and O–H groups in total. The molecule has 0 radical (unpaired) electrons. The van der Waals surface area contributed by atoms with Crippen LogP contribution in [0.25, 0.3) is 17.2 Å². The molecule has 2 aliphatic rings. The van der Waals surface area contributed by atoms with Crippen molar-refractivity contribution in [2.24, 2.45) is 0 Å². The third-order valence-corrected chi connectivity index (χ3v) is 10.2. The number of anilines is 3. The first kappa shape index (κ1) is 29.9. The van der Waals surface area contributed by atoms with Crippen LogP contribution in [0, 0.1) is 20.8 Å². The van der Waals surface area contributed by atoms with Crippen LogP contribution >= 0.6 is 11.3 Å². The van der Waals surface area contributed by atoms with E-state index in [0.717, 1.165) is 50.0 Å². The molecule has 4 aromatic carbocycles. The molecule has 0 amide bonds. The van der Waals surface area contributed by atoms with Gasteiger partial charge in [-0.1, -0.05) is 61.9 Å². The Hall–Kier alpha value is -4.75. The molecule has 46 heavy (non-hydrogen) atoms. The number of nitrogens with zero attached hydrogens (tertiary/aromatic N) is 1. The minimum absolute atomic E-state index is 0.115. The van der Waals surface area contributed by atoms with E-state index in [1.165, 1.54) is 40.2 Å². The van der Waals surface area contributed by atoms with Crippen molar-refractivity contribution in [2.45, 2.75) is 46.2 Å². The molecule has 1 aliphatic heterocycles. The first-order valence-corrected chi connectivity index (χ1v) is 15.8. The van der Waals surface area contributed by atoms with E-state index < -0.39 is 17.2 Å². The molecule has 1 aromatic heterocycles. The highest BCUT2D eigenvalue weighted by Crippen LogP contribution is 2.56. The smallest absolute Gasteiger partial charge is 0.301 e. The molecule has 0 spiro atoms. The van der Waals surface area contributed by atoms with Crippen LogP contribution in [-0.4, -0.2) is 11.6 Å². The van der Waals surface area contributed by atoms with E-state index >= 15 is 0 Å². The molecule has 0 saturated carbocycles. The van der Waals surface area contributed by atoms with Crippen LogP contribution in [0.4, 0.5) is 29.5 Å². The number of benzene rings is 4. The van der Waals surface area contributed by atoms with Gasteiger partial charge in [-0.2, -0.15) is 13.2 Å². The second-order valence-electron chi connectivity index (χ2n) is 12.6. The second kappa shape index (κ2) is 10.4. The summed E-state index contributed by atoms with van der Waals surface area (Å²) >= 11 is 1.41. The molecular weight excluding hydrogens is 603 g/mol. The van der Waals surface area contributed by atoms with Gasteiger partial charge in [-0.25, -0.2) is 0 Å². The topological polar surface area (TPSA) is 37.4 Å². The van der Waals surface area contributed by atoms with Gasteiger partial charge in [0, 0.05) is 27.1 Å². The Kier molecular flexibility index (Phi) is 6.76. The predicted octanol–water partition coefficient (Wildman–Crippen LogP) is 10.9. The van der Waals surface area contributed by atoms with Crippen molar-refractivity contribution in [1.82, 2.24) is 0 Å². The van der Waals surface area contributed by atoms with Crippen LogP contribution in [0.15, 0.2) is 90.5 Å². The molecule has 0 bridgehead atoms. The fourth-order valence-electron chi connectivity index (χ4n) is 6.96. The van der Waals surface area contributed by atoms with Crippen molar-refractivity contribution >= 4 is 45.4 Å². The average Bonchev–Trinajstić information content (AvgIpc) is 3.53. The number of rotatable bonds is 3. The summed E-state index contributed by atoms with van der Waals surface area (Å²) in [6.45, 7) is 10.6. The lowest BCUT2D eigenvalue weighted by atomic mass is 9.74. The number of ketones is 2. The number of hydrogen-bond acceptors (Lipinski definition) is 4. The SMILES string of the molecule is Cc1cc(C)c(-c2ccc3c(c2)C(C)(C)c2cc(C=C4C(=O)c5ccccc5C4=O)sc2N3c2ccc(C(F)(F)F)cc2)c(C)c1. The summed E-state index contributed by atoms with van der Waals surface area (Å²) in [5.41, 5.74) is 8.87. The number of alkyl halides is 3. The number of fused-ring (bicyclic) bond motifs is 3. The Balaban J connectivity index is 1.42. The first-order chi connectivity index (χ1) is 21.8. The average molecular weight is 634 g/mol. The molecular formula is C39H30F3NO2S. The Bertz CT molecular complexity index is 2070. The molecule has 1 aliphatic carbocycles. The number of Topliss-reactive ketones (excluding diaryl/α,β-unsaturated/α-hetero) is 2. The maximum Gasteiger partial charge on any atom is 0.416 e. The number of carbonyl (C=O) groups excluding carboxylic acids is 2. The largest absolute Gasteiger partial charge is 0.416 e. The molecule has 2 heterocycles. The maximum atomic E-state index is 13.5. The van der Waals surface area contributed by atoms with E-state index in [1.54, 1.807) is 30.3 Å². The van der Waals surface area contributed by atoms with E-state index in [2.05, 4.69) is 58.9 Å². The number of thiophene rings is 1. The van der Waals surface area contributed by atoms with Gasteiger partial charge in [-0.05, 0) is 103 Å². The summed E-state index contributed by atoms with van der Waals surface area (Å²) < 4.78 is 40.6. The van der Waals surface area contributed by atoms with Crippen molar-refractivity contribution in [3.8, 4) is 11.1 Å². The number of halogens is 3. The molecule has 3 nitrogen and oxygen atoms in total. The Morgan fingerprint density at radius 3 is 1.96 bits per heavy atom. The molecule has 230 valence electrons. The van der Waals surface area contributed by atoms with Gasteiger partial charge in [-0.3, -0.25) is 9.59 Å². The van der Waals surface area contributed by atoms with Crippen molar-refractivity contribution in [1.29, 1.82) is 0 Å². The summed E-state index contributed by atoms with van der Waals surface area (Å²) in [5.74, 6) is -0.606. The Labute approximate surface area is 269 Å². The number of hydrogen-bond donors (Lipinski definition) is 0. The standard InChI is InChI=1S/C39H30F3NO2S/c1-21-16-22(2)34(23(3)17-21)24-10-15-33-31(18-24)38(4,5)32-20-27(19-30-35(44)28-8-6-7-9-29(28)36(30)45)46-37(32)43(33)26-13-11-25(12-14-26)39(40,41)42/h6-20H,1-5H3. The van der Waals surface area contributed by atoms with Gasteiger partial charge in [-0.15, -0.1) is 11.3 Å². The van der Waals surface area contributed by atoms with E-state index in [4.69, 9.17) is 0 Å². The Morgan fingerprint density at radius 2 is 1.37 bits per heavy atom. The van der Waals surface area contributed by atoms with Crippen LogP contribution in [0.5, 0.6) is 0 Å². The van der Waals surface area contributed by atoms with Gasteiger partial charge >= 0.3 is 6.18 Å². The molecule has 0 saturated heterocycles. The Morgan fingerprint density at radius 1 is 0.761 bits per heavy atom. The van der Waals surface area contributed by atoms with Crippen LogP contribution in [0.3, 0.4) is 0 Å². The number of aryl methyl sites for hydroxylation is 3. The molecule has 0 unspecified atom stereocenters. The maximum absolute atomic E-state index is 13.5. The van der Waals surface area contributed by atoms with Gasteiger partial charge in [0.15, 0.2) is 11.6 Å². The lowest BCUT2D eigenvalue weighted by Gasteiger charge is -2.40. The second-order valence-corrected chi connectivity index (χ2v) is 13.7. The number of allylic oxidation sites excluding steroid dienone is 1. The lowest BCUT2D eigenvalue weighted by molar-refractivity contribution is -0.137. The minimum Gasteiger partial charge on any atom is -0.301 e. The van der Waals surface area contributed by atoms with E-state index in [9.17, 15) is 22.8 Å². The van der Waals surface area contributed by atoms with Crippen LogP contribution in [-0.2, 0) is 11.6 Å². The van der Waals surface area contributed by atoms with Gasteiger partial charge in [0.1, 0.15) is 5.00 Å². The molecule has 5 aromatic rings. The highest BCUT2D eigenvalue weighted by atomic mass is 32.1. The van der Waals surface area contributed by atoms with E-state index in [0.29, 0.717) is 16.8 Å². The van der Waals surface area contributed by atoms with Crippen molar-refractivity contribution < 1.29 is 22.8 Å². The van der Waals surface area contributed by atoms with Crippen molar-refractivity contribution in [3.05, 3.63) is 140 Å². The summed E-state index contributed by atoms with van der Waals surface area (Å²) in [5, 5.41) is 0.829. The van der Waals surface area contributed by atoms with Gasteiger partial charge < -0.3 is 4.90 Å². The highest BCUT2D eigenvalue weighted by Gasteiger charge is 2.40. The molecule has 0 fully saturated rings. The third-order valence-electron chi connectivity index (χ3n) is 9.13. The van der Waals surface area contributed by atoms with Gasteiger partial charge in [0.2, 0.25) is 0 Å². The summed E-state index contributed by atoms with van der Waals surface area (Å²) in [6.07, 6.45) is -2.80. The highest BCUT2D eigenvalue weighted by molar-refractivity contribution is 7.17. The summed E-state index contributed by atoms with van der Waals surface area (Å²) in [7, 11) is 0. The van der Waals surface area contributed by atoms with Gasteiger partial charge in [0.05, 0.1) is 16.8 Å². The van der Waals surface area contributed by atoms with Crippen LogP contribution in [0.2, 0.25) is 0 Å². The summed E-state index contributed by atoms with van der Waals surface area (Å²) in [6, 6.07) is 24.7. The van der Waals surface area contributed by atoms with Crippen molar-refractivity contribution in [2.75, 3.05) is 4.90 Å². The third kappa shape index (κ3) is 4.64. The molecule has 7 rings (SSSR count). The molecule has 7 heteroatoms. The monoisotopic (exact) mass is 633 g/mol. The van der Waals surface area contributed by atoms with E-state index in [-0.39, 0.29) is 17.1 Å². The first-order valence-electron chi connectivity index (χ1n) is 15.0. The van der Waals surface area contributed by atoms with E-state index in [1.807, 2.05) is 17.0 Å². The zero-order chi connectivity index (χ0) is 32.7. The zero-order valence-electron chi connectivity index (χ0n) is 26.0. The predicted molar refractivity (Wildman–Crippen MR) is 179 cm³/mol. The lowest BCUT2D eigenvalue weighted by Crippen LogP contribution is -2.29. The minimum atomic E-state index is -4.45. The quantitative estimate of drug-likeness (QED) is 0.147. The summed E-state index contributed by atoms with van der Waals surface area (Å²) in [4.78, 5) is 29.2. The normalized spacial score (nSPS) is 15.1. The fourth-order valence-corrected chi connectivity index (χ4v) is 8.26. The fraction of sp³-hybridized carbons (Fsp3) is 0.179. The molecule has 0 atom stereocenters. The van der Waals surface area contributed by atoms with Crippen LogP contribution < -0.4 is 4.90 Å². The van der Waals surface area contributed by atoms with Gasteiger partial charge in [0.25, 0.3) is 0 Å².